The van der Waals surface area contributed by atoms with Crippen molar-refractivity contribution in [2.75, 3.05) is 26.4 Å². The molecule has 1 aromatic rings. The van der Waals surface area contributed by atoms with Gasteiger partial charge in [-0.05, 0) is 32.9 Å². The fraction of sp³-hybridized carbons (Fsp3) is 0.500. The van der Waals surface area contributed by atoms with E-state index in [1.165, 1.54) is 0 Å². The third-order valence-corrected chi connectivity index (χ3v) is 2.38. The summed E-state index contributed by atoms with van der Waals surface area (Å²) < 4.78 is 15.4. The Morgan fingerprint density at radius 3 is 2.36 bits per heavy atom. The summed E-state index contributed by atoms with van der Waals surface area (Å²) in [7, 11) is 0. The van der Waals surface area contributed by atoms with Crippen LogP contribution >= 0.6 is 0 Å². The maximum Gasteiger partial charge on any atom is 0.407 e. The van der Waals surface area contributed by atoms with Gasteiger partial charge in [0.2, 0.25) is 0 Å². The zero-order valence-electron chi connectivity index (χ0n) is 13.3. The van der Waals surface area contributed by atoms with E-state index < -0.39 is 11.7 Å². The van der Waals surface area contributed by atoms with Gasteiger partial charge >= 0.3 is 12.1 Å². The third kappa shape index (κ3) is 8.26. The number of amides is 1. The van der Waals surface area contributed by atoms with Crippen LogP contribution < -0.4 is 5.32 Å². The lowest BCUT2D eigenvalue weighted by atomic mass is 10.2. The molecule has 0 aromatic heterocycles. The minimum Gasteiger partial charge on any atom is -0.460 e. The Morgan fingerprint density at radius 1 is 1.05 bits per heavy atom. The summed E-state index contributed by atoms with van der Waals surface area (Å²) in [5, 5.41) is 2.57. The highest BCUT2D eigenvalue weighted by Gasteiger charge is 2.15. The second-order valence-electron chi connectivity index (χ2n) is 5.54. The number of esters is 1. The Labute approximate surface area is 130 Å². The summed E-state index contributed by atoms with van der Waals surface area (Å²) in [6.07, 6.45) is -0.480. The molecule has 0 spiro atoms. The molecule has 0 aliphatic heterocycles. The lowest BCUT2D eigenvalue weighted by Crippen LogP contribution is -2.34. The Kier molecular flexibility index (Phi) is 7.39. The van der Waals surface area contributed by atoms with E-state index in [2.05, 4.69) is 5.32 Å². The lowest BCUT2D eigenvalue weighted by molar-refractivity contribution is 0.0308. The van der Waals surface area contributed by atoms with Crippen LogP contribution in [0.3, 0.4) is 0 Å². The van der Waals surface area contributed by atoms with E-state index in [-0.39, 0.29) is 19.2 Å². The van der Waals surface area contributed by atoms with Crippen LogP contribution in [0, 0.1) is 0 Å². The van der Waals surface area contributed by atoms with Gasteiger partial charge in [0.25, 0.3) is 0 Å². The summed E-state index contributed by atoms with van der Waals surface area (Å²) in [6, 6.07) is 8.75. The third-order valence-electron chi connectivity index (χ3n) is 2.38. The van der Waals surface area contributed by atoms with Gasteiger partial charge in [0.05, 0.1) is 18.8 Å². The highest BCUT2D eigenvalue weighted by atomic mass is 16.6. The van der Waals surface area contributed by atoms with Crippen molar-refractivity contribution in [3.8, 4) is 0 Å². The first kappa shape index (κ1) is 18.0. The van der Waals surface area contributed by atoms with E-state index in [0.29, 0.717) is 18.7 Å². The zero-order valence-corrected chi connectivity index (χ0v) is 13.3. The number of hydrogen-bond acceptors (Lipinski definition) is 5. The van der Waals surface area contributed by atoms with Crippen LogP contribution in [-0.2, 0) is 14.2 Å². The monoisotopic (exact) mass is 309 g/mol. The van der Waals surface area contributed by atoms with E-state index in [0.717, 1.165) is 0 Å². The average Bonchev–Trinajstić information content (AvgIpc) is 2.45. The highest BCUT2D eigenvalue weighted by molar-refractivity contribution is 5.89. The van der Waals surface area contributed by atoms with E-state index in [9.17, 15) is 9.59 Å². The van der Waals surface area contributed by atoms with E-state index in [1.54, 1.807) is 45.0 Å². The summed E-state index contributed by atoms with van der Waals surface area (Å²) in [4.78, 5) is 22.9. The highest BCUT2D eigenvalue weighted by Crippen LogP contribution is 2.06. The molecule has 6 heteroatoms. The maximum absolute atomic E-state index is 11.6. The van der Waals surface area contributed by atoms with Gasteiger partial charge in [0.1, 0.15) is 12.2 Å². The Hall–Kier alpha value is -2.08. The predicted molar refractivity (Wildman–Crippen MR) is 81.8 cm³/mol. The molecule has 0 unspecified atom stereocenters. The van der Waals surface area contributed by atoms with Crippen LogP contribution in [0.1, 0.15) is 31.1 Å². The Balaban J connectivity index is 2.02. The Morgan fingerprint density at radius 2 is 1.73 bits per heavy atom. The molecule has 0 saturated heterocycles. The molecule has 122 valence electrons. The number of nitrogens with one attached hydrogen (secondary N) is 1. The van der Waals surface area contributed by atoms with Crippen molar-refractivity contribution in [3.05, 3.63) is 35.9 Å². The van der Waals surface area contributed by atoms with Gasteiger partial charge < -0.3 is 19.5 Å². The van der Waals surface area contributed by atoms with Crippen molar-refractivity contribution in [1.29, 1.82) is 0 Å². The van der Waals surface area contributed by atoms with E-state index in [1.807, 2.05) is 6.07 Å². The number of carbonyl (C=O) groups is 2. The molecule has 1 rings (SSSR count). The molecule has 22 heavy (non-hydrogen) atoms. The topological polar surface area (TPSA) is 73.9 Å². The van der Waals surface area contributed by atoms with Gasteiger partial charge in [-0.25, -0.2) is 9.59 Å². The normalized spacial score (nSPS) is 10.9. The Bertz CT molecular complexity index is 467. The van der Waals surface area contributed by atoms with Gasteiger partial charge in [-0.3, -0.25) is 0 Å². The second-order valence-corrected chi connectivity index (χ2v) is 5.54. The van der Waals surface area contributed by atoms with Crippen molar-refractivity contribution in [1.82, 2.24) is 5.32 Å². The number of benzene rings is 1. The summed E-state index contributed by atoms with van der Waals surface area (Å²) in [6.45, 7) is 6.48. The first-order chi connectivity index (χ1) is 10.4. The van der Waals surface area contributed by atoms with E-state index in [4.69, 9.17) is 14.2 Å². The number of alkyl carbamates (subject to hydrolysis) is 1. The smallest absolute Gasteiger partial charge is 0.407 e. The molecule has 0 saturated carbocycles. The average molecular weight is 309 g/mol. The number of ether oxygens (including phenoxy) is 3. The standard InChI is InChI=1S/C16H23NO5/c1-16(2,3)22-15(19)17-9-10-20-11-12-21-14(18)13-7-5-4-6-8-13/h4-8H,9-12H2,1-3H3,(H,17,19). The van der Waals surface area contributed by atoms with Gasteiger partial charge in [0.15, 0.2) is 0 Å². The molecule has 6 nitrogen and oxygen atoms in total. The van der Waals surface area contributed by atoms with Gasteiger partial charge in [0, 0.05) is 6.54 Å². The van der Waals surface area contributed by atoms with Crippen LogP contribution in [0.5, 0.6) is 0 Å². The molecule has 0 aliphatic rings. The van der Waals surface area contributed by atoms with Gasteiger partial charge in [-0.2, -0.15) is 0 Å². The van der Waals surface area contributed by atoms with Crippen LogP contribution in [0.25, 0.3) is 0 Å². The molecule has 1 aromatic carbocycles. The van der Waals surface area contributed by atoms with Crippen LogP contribution in [0.15, 0.2) is 30.3 Å². The lowest BCUT2D eigenvalue weighted by Gasteiger charge is -2.19. The molecule has 1 amide bonds. The zero-order chi connectivity index (χ0) is 16.4. The molecule has 0 heterocycles. The fourth-order valence-electron chi connectivity index (χ4n) is 1.49. The molecular weight excluding hydrogens is 286 g/mol. The van der Waals surface area contributed by atoms with Crippen molar-refractivity contribution in [2.24, 2.45) is 0 Å². The van der Waals surface area contributed by atoms with Gasteiger partial charge in [-0.15, -0.1) is 0 Å². The molecule has 0 radical (unpaired) electrons. The van der Waals surface area contributed by atoms with Crippen molar-refractivity contribution >= 4 is 12.1 Å². The SMILES string of the molecule is CC(C)(C)OC(=O)NCCOCCOC(=O)c1ccccc1. The predicted octanol–water partition coefficient (Wildman–Crippen LogP) is 2.38. The van der Waals surface area contributed by atoms with Crippen molar-refractivity contribution in [2.45, 2.75) is 26.4 Å². The summed E-state index contributed by atoms with van der Waals surface area (Å²) in [5.74, 6) is -0.379. The van der Waals surface area contributed by atoms with E-state index >= 15 is 0 Å². The van der Waals surface area contributed by atoms with Crippen LogP contribution in [-0.4, -0.2) is 44.0 Å². The molecule has 1 N–H and O–H groups in total. The largest absolute Gasteiger partial charge is 0.460 e. The van der Waals surface area contributed by atoms with Crippen molar-refractivity contribution in [3.63, 3.8) is 0 Å². The molecule has 0 bridgehead atoms. The molecule has 0 atom stereocenters. The number of hydrogen-bond donors (Lipinski definition) is 1. The maximum atomic E-state index is 11.6. The number of rotatable bonds is 7. The quantitative estimate of drug-likeness (QED) is 0.618. The minimum atomic E-state index is -0.517. The molecule has 0 fully saturated rings. The van der Waals surface area contributed by atoms with Crippen LogP contribution in [0.4, 0.5) is 4.79 Å². The summed E-state index contributed by atoms with van der Waals surface area (Å²) >= 11 is 0. The molecular formula is C16H23NO5. The number of carbonyl (C=O) groups excluding carboxylic acids is 2. The minimum absolute atomic E-state index is 0.167. The second kappa shape index (κ2) is 9.04. The first-order valence-corrected chi connectivity index (χ1v) is 7.15. The summed E-state index contributed by atoms with van der Waals surface area (Å²) in [5.41, 5.74) is -0.00886. The first-order valence-electron chi connectivity index (χ1n) is 7.15. The van der Waals surface area contributed by atoms with Gasteiger partial charge in [-0.1, -0.05) is 18.2 Å². The van der Waals surface area contributed by atoms with Crippen LogP contribution in [0.2, 0.25) is 0 Å². The van der Waals surface area contributed by atoms with Crippen molar-refractivity contribution < 1.29 is 23.8 Å². The fourth-order valence-corrected chi connectivity index (χ4v) is 1.49. The molecule has 0 aliphatic carbocycles.